The highest BCUT2D eigenvalue weighted by molar-refractivity contribution is 5.01. The maximum Gasteiger partial charge on any atom is 0.0604 e. The quantitative estimate of drug-likeness (QED) is 0.788. The van der Waals surface area contributed by atoms with Gasteiger partial charge in [0.15, 0.2) is 0 Å². The smallest absolute Gasteiger partial charge is 0.0604 e. The van der Waals surface area contributed by atoms with Crippen molar-refractivity contribution in [3.8, 4) is 0 Å². The molecule has 4 heteroatoms. The lowest BCUT2D eigenvalue weighted by Crippen LogP contribution is -2.45. The molecule has 1 N–H and O–H groups in total. The summed E-state index contributed by atoms with van der Waals surface area (Å²) in [6.07, 6.45) is 5.80. The molecule has 1 aliphatic rings. The van der Waals surface area contributed by atoms with Crippen LogP contribution in [0.4, 0.5) is 0 Å². The molecule has 4 nitrogen and oxygen atoms in total. The summed E-state index contributed by atoms with van der Waals surface area (Å²) < 4.78 is 7.64. The third-order valence-electron chi connectivity index (χ3n) is 3.31. The van der Waals surface area contributed by atoms with Gasteiger partial charge in [-0.15, -0.1) is 0 Å². The summed E-state index contributed by atoms with van der Waals surface area (Å²) in [4.78, 5) is 0. The molecule has 1 aliphatic carbocycles. The van der Waals surface area contributed by atoms with Crippen LogP contribution in [-0.2, 0) is 17.8 Å². The molecule has 0 amide bonds. The summed E-state index contributed by atoms with van der Waals surface area (Å²) in [5.41, 5.74) is 1.28. The topological polar surface area (TPSA) is 39.1 Å². The molecule has 1 fully saturated rings. The minimum atomic E-state index is 0.484. The van der Waals surface area contributed by atoms with Crippen LogP contribution in [-0.4, -0.2) is 28.5 Å². The number of nitrogens with one attached hydrogen (secondary N) is 1. The first kappa shape index (κ1) is 12.6. The van der Waals surface area contributed by atoms with Crippen LogP contribution in [0.15, 0.2) is 12.3 Å². The Morgan fingerprint density at radius 2 is 2.29 bits per heavy atom. The molecular weight excluding hydrogens is 214 g/mol. The van der Waals surface area contributed by atoms with Gasteiger partial charge in [-0.25, -0.2) is 0 Å². The van der Waals surface area contributed by atoms with E-state index >= 15 is 0 Å². The fraction of sp³-hybridized carbons (Fsp3) is 0.769. The highest BCUT2D eigenvalue weighted by Crippen LogP contribution is 2.23. The molecule has 1 saturated carbocycles. The van der Waals surface area contributed by atoms with Crippen LogP contribution in [0.1, 0.15) is 38.8 Å². The third kappa shape index (κ3) is 3.30. The fourth-order valence-corrected chi connectivity index (χ4v) is 2.28. The van der Waals surface area contributed by atoms with Crippen molar-refractivity contribution < 1.29 is 4.74 Å². The summed E-state index contributed by atoms with van der Waals surface area (Å²) in [6.45, 7) is 7.00. The molecule has 0 radical (unpaired) electrons. The zero-order valence-electron chi connectivity index (χ0n) is 10.9. The molecule has 0 unspecified atom stereocenters. The number of aromatic nitrogens is 2. The predicted octanol–water partition coefficient (Wildman–Crippen LogP) is 1.95. The molecule has 17 heavy (non-hydrogen) atoms. The van der Waals surface area contributed by atoms with E-state index in [9.17, 15) is 0 Å². The zero-order valence-corrected chi connectivity index (χ0v) is 10.9. The Balaban J connectivity index is 1.70. The minimum absolute atomic E-state index is 0.484. The van der Waals surface area contributed by atoms with Gasteiger partial charge in [0.1, 0.15) is 0 Å². The number of aryl methyl sites for hydroxylation is 1. The van der Waals surface area contributed by atoms with Crippen molar-refractivity contribution in [1.82, 2.24) is 15.1 Å². The number of rotatable bonds is 7. The maximum absolute atomic E-state index is 5.55. The van der Waals surface area contributed by atoms with Gasteiger partial charge in [0.05, 0.1) is 11.8 Å². The molecule has 1 aromatic rings. The molecule has 0 aromatic carbocycles. The molecule has 96 valence electrons. The first-order chi connectivity index (χ1) is 8.33. The summed E-state index contributed by atoms with van der Waals surface area (Å²) >= 11 is 0. The SMILES string of the molecule is CCCn1nccc1CNC1CC(OCC)C1. The standard InChI is InChI=1S/C13H23N3O/c1-3-7-16-12(5-6-15-16)10-14-11-8-13(9-11)17-4-2/h5-6,11,13-14H,3-4,7-10H2,1-2H3. The van der Waals surface area contributed by atoms with E-state index in [4.69, 9.17) is 4.74 Å². The Bertz CT molecular complexity index is 331. The average molecular weight is 237 g/mol. The number of ether oxygens (including phenoxy) is 1. The van der Waals surface area contributed by atoms with E-state index in [2.05, 4.69) is 35.0 Å². The Morgan fingerprint density at radius 1 is 1.47 bits per heavy atom. The van der Waals surface area contributed by atoms with Crippen LogP contribution in [0.5, 0.6) is 0 Å². The van der Waals surface area contributed by atoms with E-state index in [0.717, 1.165) is 39.0 Å². The summed E-state index contributed by atoms with van der Waals surface area (Å²) in [5, 5.41) is 7.89. The Hall–Kier alpha value is -0.870. The monoisotopic (exact) mass is 237 g/mol. The summed E-state index contributed by atoms with van der Waals surface area (Å²) in [6, 6.07) is 2.72. The highest BCUT2D eigenvalue weighted by Gasteiger charge is 2.28. The van der Waals surface area contributed by atoms with Crippen LogP contribution in [0, 0.1) is 0 Å². The van der Waals surface area contributed by atoms with Gasteiger partial charge in [-0.05, 0) is 32.3 Å². The zero-order chi connectivity index (χ0) is 12.1. The molecule has 0 aliphatic heterocycles. The Labute approximate surface area is 103 Å². The van der Waals surface area contributed by atoms with Crippen LogP contribution in [0.2, 0.25) is 0 Å². The predicted molar refractivity (Wildman–Crippen MR) is 67.8 cm³/mol. The minimum Gasteiger partial charge on any atom is -0.378 e. The molecule has 0 bridgehead atoms. The average Bonchev–Trinajstić information content (AvgIpc) is 2.70. The van der Waals surface area contributed by atoms with Crippen LogP contribution in [0.3, 0.4) is 0 Å². The second kappa shape index (κ2) is 6.17. The number of hydrogen-bond donors (Lipinski definition) is 1. The summed E-state index contributed by atoms with van der Waals surface area (Å²) in [7, 11) is 0. The maximum atomic E-state index is 5.55. The van der Waals surface area contributed by atoms with Crippen LogP contribution < -0.4 is 5.32 Å². The number of hydrogen-bond acceptors (Lipinski definition) is 3. The molecule has 0 saturated heterocycles. The van der Waals surface area contributed by atoms with Gasteiger partial charge in [-0.2, -0.15) is 5.10 Å². The van der Waals surface area contributed by atoms with Gasteiger partial charge < -0.3 is 10.1 Å². The molecule has 0 spiro atoms. The van der Waals surface area contributed by atoms with Crippen molar-refractivity contribution >= 4 is 0 Å². The van der Waals surface area contributed by atoms with Gasteiger partial charge in [-0.3, -0.25) is 4.68 Å². The lowest BCUT2D eigenvalue weighted by atomic mass is 9.89. The van der Waals surface area contributed by atoms with E-state index in [1.54, 1.807) is 0 Å². The van der Waals surface area contributed by atoms with Gasteiger partial charge in [-0.1, -0.05) is 6.92 Å². The molecular formula is C13H23N3O. The van der Waals surface area contributed by atoms with Crippen molar-refractivity contribution in [2.24, 2.45) is 0 Å². The van der Waals surface area contributed by atoms with E-state index in [1.807, 2.05) is 6.20 Å². The highest BCUT2D eigenvalue weighted by atomic mass is 16.5. The lowest BCUT2D eigenvalue weighted by Gasteiger charge is -2.35. The lowest BCUT2D eigenvalue weighted by molar-refractivity contribution is -0.0103. The van der Waals surface area contributed by atoms with Crippen LogP contribution in [0.25, 0.3) is 0 Å². The van der Waals surface area contributed by atoms with Crippen molar-refractivity contribution in [1.29, 1.82) is 0 Å². The first-order valence-electron chi connectivity index (χ1n) is 6.69. The first-order valence-corrected chi connectivity index (χ1v) is 6.69. The molecule has 2 rings (SSSR count). The van der Waals surface area contributed by atoms with Crippen LogP contribution >= 0.6 is 0 Å². The Morgan fingerprint density at radius 3 is 3.00 bits per heavy atom. The largest absolute Gasteiger partial charge is 0.378 e. The van der Waals surface area contributed by atoms with Crippen molar-refractivity contribution in [3.63, 3.8) is 0 Å². The van der Waals surface area contributed by atoms with Gasteiger partial charge >= 0.3 is 0 Å². The normalized spacial score (nSPS) is 23.6. The van der Waals surface area contributed by atoms with Crippen molar-refractivity contribution in [3.05, 3.63) is 18.0 Å². The summed E-state index contributed by atoms with van der Waals surface area (Å²) in [5.74, 6) is 0. The molecule has 0 atom stereocenters. The number of nitrogens with zero attached hydrogens (tertiary/aromatic N) is 2. The van der Waals surface area contributed by atoms with Crippen molar-refractivity contribution in [2.45, 2.75) is 58.3 Å². The fourth-order valence-electron chi connectivity index (χ4n) is 2.28. The van der Waals surface area contributed by atoms with E-state index in [-0.39, 0.29) is 0 Å². The Kier molecular flexibility index (Phi) is 4.57. The molecule has 1 heterocycles. The van der Waals surface area contributed by atoms with E-state index in [0.29, 0.717) is 12.1 Å². The third-order valence-corrected chi connectivity index (χ3v) is 3.31. The van der Waals surface area contributed by atoms with E-state index < -0.39 is 0 Å². The van der Waals surface area contributed by atoms with Crippen molar-refractivity contribution in [2.75, 3.05) is 6.61 Å². The second-order valence-corrected chi connectivity index (χ2v) is 4.67. The van der Waals surface area contributed by atoms with Gasteiger partial charge in [0.25, 0.3) is 0 Å². The van der Waals surface area contributed by atoms with E-state index in [1.165, 1.54) is 5.69 Å². The molecule has 1 aromatic heterocycles. The van der Waals surface area contributed by atoms with Gasteiger partial charge in [0, 0.05) is 31.9 Å². The van der Waals surface area contributed by atoms with Gasteiger partial charge in [0.2, 0.25) is 0 Å². The second-order valence-electron chi connectivity index (χ2n) is 4.67.